The number of thiophene rings is 2. The van der Waals surface area contributed by atoms with Crippen molar-refractivity contribution in [2.24, 2.45) is 0 Å². The van der Waals surface area contributed by atoms with E-state index in [-0.39, 0.29) is 32.7 Å². The van der Waals surface area contributed by atoms with Gasteiger partial charge < -0.3 is 0 Å². The van der Waals surface area contributed by atoms with Gasteiger partial charge in [0.2, 0.25) is 0 Å². The highest BCUT2D eigenvalue weighted by atomic mass is 32.1. The molecule has 2 nitrogen and oxygen atoms in total. The van der Waals surface area contributed by atoms with E-state index in [0.29, 0.717) is 20.2 Å². The quantitative estimate of drug-likeness (QED) is 0.110. The molecule has 210 valence electrons. The summed E-state index contributed by atoms with van der Waals surface area (Å²) in [6, 6.07) is 9.31. The smallest absolute Gasteiger partial charge is 0.201 e. The first-order valence-corrected chi connectivity index (χ1v) is 13.8. The van der Waals surface area contributed by atoms with Crippen molar-refractivity contribution < 1.29 is 35.1 Å². The minimum atomic E-state index is -1.90. The molecule has 0 spiro atoms. The largest absolute Gasteiger partial charge is 0.252 e. The lowest BCUT2D eigenvalue weighted by Crippen LogP contribution is -2.06. The topological polar surface area (TPSA) is 25.8 Å². The van der Waals surface area contributed by atoms with Gasteiger partial charge in [0.25, 0.3) is 23.8 Å². The molecule has 42 heavy (non-hydrogen) atoms. The van der Waals surface area contributed by atoms with Crippen molar-refractivity contribution in [1.29, 1.82) is 0 Å². The summed E-state index contributed by atoms with van der Waals surface area (Å²) in [5.41, 5.74) is -2.83. The van der Waals surface area contributed by atoms with Crippen molar-refractivity contribution in [3.05, 3.63) is 93.2 Å². The maximum absolute atomic E-state index is 15.4. The molecule has 7 rings (SSSR count). The minimum absolute atomic E-state index is 0.0719. The van der Waals surface area contributed by atoms with Gasteiger partial charge in [0.1, 0.15) is 0 Å². The molecule has 0 aliphatic rings. The number of halogens is 8. The molecule has 0 bridgehead atoms. The van der Waals surface area contributed by atoms with Crippen LogP contribution in [-0.4, -0.2) is 9.97 Å². The molecule has 0 atom stereocenters. The third-order valence-corrected chi connectivity index (χ3v) is 9.16. The number of aromatic nitrogens is 2. The van der Waals surface area contributed by atoms with Gasteiger partial charge in [-0.1, -0.05) is 0 Å². The fraction of sp³-hybridized carbons (Fsp3) is 0.0667. The monoisotopic (exact) mass is 616 g/mol. The van der Waals surface area contributed by atoms with Crippen molar-refractivity contribution in [1.82, 2.24) is 9.97 Å². The van der Waals surface area contributed by atoms with Crippen molar-refractivity contribution in [3.8, 4) is 22.3 Å². The van der Waals surface area contributed by atoms with Gasteiger partial charge in [-0.2, -0.15) is 27.5 Å². The van der Waals surface area contributed by atoms with Crippen LogP contribution < -0.4 is 0 Å². The first-order valence-electron chi connectivity index (χ1n) is 12.2. The van der Waals surface area contributed by atoms with E-state index >= 15 is 17.6 Å². The predicted octanol–water partition coefficient (Wildman–Crippen LogP) is 10.3. The zero-order valence-corrected chi connectivity index (χ0v) is 22.8. The summed E-state index contributed by atoms with van der Waals surface area (Å²) in [5.74, 6) is -14.7. The number of rotatable bonds is 2. The second kappa shape index (κ2) is 9.17. The number of aryl methyl sites for hydroxylation is 2. The molecular formula is C30H12F8N2S2. The lowest BCUT2D eigenvalue weighted by molar-refractivity contribution is 0.410. The number of hydrogen-bond acceptors (Lipinski definition) is 4. The van der Waals surface area contributed by atoms with Gasteiger partial charge in [-0.05, 0) is 82.6 Å². The average Bonchev–Trinajstić information content (AvgIpc) is 3.49. The summed E-state index contributed by atoms with van der Waals surface area (Å²) in [7, 11) is 0. The molecule has 0 aliphatic heterocycles. The molecule has 3 aromatic carbocycles. The fourth-order valence-electron chi connectivity index (χ4n) is 5.51. The number of benzene rings is 3. The molecule has 0 saturated carbocycles. The first kappa shape index (κ1) is 26.7. The predicted molar refractivity (Wildman–Crippen MR) is 148 cm³/mol. The van der Waals surface area contributed by atoms with E-state index in [4.69, 9.17) is 0 Å². The fourth-order valence-corrected chi connectivity index (χ4v) is 7.40. The van der Waals surface area contributed by atoms with Crippen LogP contribution in [-0.2, 0) is 0 Å². The molecule has 4 aromatic heterocycles. The van der Waals surface area contributed by atoms with E-state index in [1.807, 2.05) is 0 Å². The summed E-state index contributed by atoms with van der Waals surface area (Å²) in [6.07, 6.45) is 0. The molecule has 0 fully saturated rings. The SMILES string of the molecule is Cc1cc2cc3c(-c4c(F)c(F)nc(F)c4F)c4cc5sc(C)cc5cc4c(-c4c(F)c(F)nc(F)c4F)c3cc2s1. The van der Waals surface area contributed by atoms with Crippen LogP contribution in [0.5, 0.6) is 0 Å². The van der Waals surface area contributed by atoms with Crippen LogP contribution in [0.3, 0.4) is 0 Å². The Bertz CT molecular complexity index is 2020. The van der Waals surface area contributed by atoms with Crippen LogP contribution in [0.15, 0.2) is 36.4 Å². The Hall–Kier alpha value is -4.16. The van der Waals surface area contributed by atoms with E-state index in [1.54, 1.807) is 26.0 Å². The van der Waals surface area contributed by atoms with Crippen molar-refractivity contribution in [2.75, 3.05) is 0 Å². The zero-order chi connectivity index (χ0) is 29.8. The molecular weight excluding hydrogens is 604 g/mol. The van der Waals surface area contributed by atoms with Gasteiger partial charge in [-0.3, -0.25) is 0 Å². The van der Waals surface area contributed by atoms with E-state index in [2.05, 4.69) is 9.97 Å². The Labute approximate surface area is 238 Å². The Balaban J connectivity index is 1.84. The second-order valence-corrected chi connectivity index (χ2v) is 12.3. The molecule has 4 heterocycles. The Morgan fingerprint density at radius 1 is 0.429 bits per heavy atom. The van der Waals surface area contributed by atoms with E-state index < -0.39 is 58.2 Å². The standard InChI is InChI=1S/C30H12F8N2S2/c1-9-3-11-5-13-15(7-17(11)41-9)20(22-25(33)29(37)40-30(38)26(22)34)14-6-12-4-10(2)42-18(12)8-16(14)19(13)21-23(31)27(35)39-28(36)24(21)32/h3-8H,1-2H3. The summed E-state index contributed by atoms with van der Waals surface area (Å²) >= 11 is 2.57. The van der Waals surface area contributed by atoms with E-state index in [9.17, 15) is 17.6 Å². The van der Waals surface area contributed by atoms with E-state index in [1.165, 1.54) is 46.9 Å². The molecule has 0 saturated heterocycles. The van der Waals surface area contributed by atoms with Gasteiger partial charge in [-0.15, -0.1) is 22.7 Å². The second-order valence-electron chi connectivity index (χ2n) is 9.73. The van der Waals surface area contributed by atoms with Crippen LogP contribution >= 0.6 is 22.7 Å². The number of fused-ring (bicyclic) bond motifs is 4. The summed E-state index contributed by atoms with van der Waals surface area (Å²) in [4.78, 5) is 6.94. The summed E-state index contributed by atoms with van der Waals surface area (Å²) in [6.45, 7) is 3.56. The Kier molecular flexibility index (Phi) is 5.83. The molecule has 0 aliphatic carbocycles. The van der Waals surface area contributed by atoms with Crippen molar-refractivity contribution >= 4 is 64.4 Å². The molecule has 7 aromatic rings. The molecule has 0 N–H and O–H groups in total. The van der Waals surface area contributed by atoms with Crippen LogP contribution in [0.25, 0.3) is 64.0 Å². The maximum atomic E-state index is 15.4. The van der Waals surface area contributed by atoms with Crippen LogP contribution in [0, 0.1) is 60.9 Å². The van der Waals surface area contributed by atoms with Gasteiger partial charge in [-0.25, -0.2) is 17.6 Å². The third kappa shape index (κ3) is 3.74. The highest BCUT2D eigenvalue weighted by molar-refractivity contribution is 7.19. The lowest BCUT2D eigenvalue weighted by atomic mass is 9.85. The molecule has 0 radical (unpaired) electrons. The zero-order valence-electron chi connectivity index (χ0n) is 21.2. The Morgan fingerprint density at radius 2 is 0.738 bits per heavy atom. The molecule has 0 unspecified atom stereocenters. The molecule has 12 heteroatoms. The van der Waals surface area contributed by atoms with Gasteiger partial charge in [0, 0.05) is 30.3 Å². The normalized spacial score (nSPS) is 12.0. The van der Waals surface area contributed by atoms with Gasteiger partial charge in [0.05, 0.1) is 11.1 Å². The average molecular weight is 617 g/mol. The van der Waals surface area contributed by atoms with Gasteiger partial charge >= 0.3 is 0 Å². The highest BCUT2D eigenvalue weighted by Crippen LogP contribution is 2.49. The van der Waals surface area contributed by atoms with Gasteiger partial charge in [0.15, 0.2) is 23.3 Å². The van der Waals surface area contributed by atoms with Crippen molar-refractivity contribution in [3.63, 3.8) is 0 Å². The van der Waals surface area contributed by atoms with Crippen LogP contribution in [0.1, 0.15) is 9.75 Å². The highest BCUT2D eigenvalue weighted by Gasteiger charge is 2.31. The van der Waals surface area contributed by atoms with Crippen molar-refractivity contribution in [2.45, 2.75) is 13.8 Å². The Morgan fingerprint density at radius 3 is 1.07 bits per heavy atom. The van der Waals surface area contributed by atoms with Crippen LogP contribution in [0.4, 0.5) is 35.1 Å². The van der Waals surface area contributed by atoms with Crippen LogP contribution in [0.2, 0.25) is 0 Å². The first-order chi connectivity index (χ1) is 19.9. The summed E-state index contributed by atoms with van der Waals surface area (Å²) < 4.78 is 121. The number of nitrogens with zero attached hydrogens (tertiary/aromatic N) is 2. The lowest BCUT2D eigenvalue weighted by Gasteiger charge is -2.19. The number of pyridine rings is 2. The molecule has 0 amide bonds. The number of hydrogen-bond donors (Lipinski definition) is 0. The maximum Gasteiger partial charge on any atom is 0.252 e. The summed E-state index contributed by atoms with van der Waals surface area (Å²) in [5, 5.41) is 0.806. The van der Waals surface area contributed by atoms with E-state index in [0.717, 1.165) is 9.75 Å². The third-order valence-electron chi connectivity index (χ3n) is 7.13. The minimum Gasteiger partial charge on any atom is -0.201 e.